The Labute approximate surface area is 123 Å². The Balaban J connectivity index is 2.75. The third kappa shape index (κ3) is 2.97. The Bertz CT molecular complexity index is 613. The average molecular weight is 292 g/mol. The molecule has 0 saturated carbocycles. The molecule has 0 nitrogen and oxygen atoms in total. The molecule has 1 atom stereocenters. The monoisotopic (exact) mass is 292 g/mol. The molecule has 0 aromatic heterocycles. The van der Waals surface area contributed by atoms with Crippen molar-refractivity contribution in [1.82, 2.24) is 0 Å². The van der Waals surface area contributed by atoms with Gasteiger partial charge in [0.05, 0.1) is 0 Å². The van der Waals surface area contributed by atoms with Crippen LogP contribution in [-0.4, -0.2) is 6.18 Å². The van der Waals surface area contributed by atoms with Crippen LogP contribution >= 0.6 is 0 Å². The van der Waals surface area contributed by atoms with Crippen LogP contribution in [0.5, 0.6) is 0 Å². The number of rotatable bonds is 2. The molecular weight excluding hydrogens is 273 g/mol. The highest BCUT2D eigenvalue weighted by Crippen LogP contribution is 2.43. The molecule has 0 radical (unpaired) electrons. The summed E-state index contributed by atoms with van der Waals surface area (Å²) in [5.41, 5.74) is 3.94. The molecular formula is C18H19F3. The number of halogens is 3. The first-order chi connectivity index (χ1) is 9.73. The zero-order valence-electron chi connectivity index (χ0n) is 12.7. The van der Waals surface area contributed by atoms with Crippen molar-refractivity contribution in [2.45, 2.75) is 39.8 Å². The molecule has 2 aromatic rings. The molecule has 0 bridgehead atoms. The lowest BCUT2D eigenvalue weighted by molar-refractivity contribution is -0.141. The molecule has 0 amide bonds. The van der Waals surface area contributed by atoms with Crippen molar-refractivity contribution in [3.63, 3.8) is 0 Å². The number of alkyl halides is 3. The molecule has 0 spiro atoms. The molecule has 0 aliphatic heterocycles. The van der Waals surface area contributed by atoms with E-state index in [1.165, 1.54) is 0 Å². The minimum absolute atomic E-state index is 0.293. The van der Waals surface area contributed by atoms with Crippen LogP contribution < -0.4 is 0 Å². The average Bonchev–Trinajstić information content (AvgIpc) is 2.41. The van der Waals surface area contributed by atoms with Gasteiger partial charge in [-0.15, -0.1) is 0 Å². The third-order valence-electron chi connectivity index (χ3n) is 4.17. The normalized spacial score (nSPS) is 13.3. The number of benzene rings is 2. The smallest absolute Gasteiger partial charge is 0.170 e. The van der Waals surface area contributed by atoms with Crippen molar-refractivity contribution in [2.24, 2.45) is 0 Å². The summed E-state index contributed by atoms with van der Waals surface area (Å²) in [6.45, 7) is 7.28. The summed E-state index contributed by atoms with van der Waals surface area (Å²) in [7, 11) is 0. The number of hydrogen-bond donors (Lipinski definition) is 0. The molecule has 0 aliphatic rings. The van der Waals surface area contributed by atoms with E-state index in [1.807, 2.05) is 19.9 Å². The van der Waals surface area contributed by atoms with Gasteiger partial charge in [-0.2, -0.15) is 13.2 Å². The van der Waals surface area contributed by atoms with Gasteiger partial charge in [-0.1, -0.05) is 36.4 Å². The fraction of sp³-hybridized carbons (Fsp3) is 0.333. The molecule has 0 saturated heterocycles. The number of aryl methyl sites for hydroxylation is 2. The van der Waals surface area contributed by atoms with E-state index in [0.29, 0.717) is 11.1 Å². The van der Waals surface area contributed by atoms with Crippen molar-refractivity contribution >= 4 is 0 Å². The van der Waals surface area contributed by atoms with E-state index in [9.17, 15) is 13.2 Å². The van der Waals surface area contributed by atoms with Crippen LogP contribution in [-0.2, 0) is 0 Å². The predicted octanol–water partition coefficient (Wildman–Crippen LogP) is 5.61. The van der Waals surface area contributed by atoms with Gasteiger partial charge in [-0.05, 0) is 61.1 Å². The van der Waals surface area contributed by atoms with Gasteiger partial charge in [0.25, 0.3) is 0 Å². The van der Waals surface area contributed by atoms with Crippen molar-refractivity contribution in [1.29, 1.82) is 0 Å². The summed E-state index contributed by atoms with van der Waals surface area (Å²) in [4.78, 5) is 0. The molecule has 2 rings (SSSR count). The second-order valence-corrected chi connectivity index (χ2v) is 5.56. The van der Waals surface area contributed by atoms with E-state index in [4.69, 9.17) is 0 Å². The Kier molecular flexibility index (Phi) is 4.13. The molecule has 3 heteroatoms. The van der Waals surface area contributed by atoms with E-state index in [0.717, 1.165) is 22.3 Å². The van der Waals surface area contributed by atoms with Gasteiger partial charge in [0.15, 0.2) is 0 Å². The molecule has 0 fully saturated rings. The van der Waals surface area contributed by atoms with Gasteiger partial charge >= 0.3 is 6.18 Å². The Morgan fingerprint density at radius 2 is 1.29 bits per heavy atom. The van der Waals surface area contributed by atoms with Crippen LogP contribution in [0.15, 0.2) is 36.4 Å². The van der Waals surface area contributed by atoms with Gasteiger partial charge in [0, 0.05) is 0 Å². The maximum Gasteiger partial charge on any atom is 0.399 e. The second kappa shape index (κ2) is 5.55. The van der Waals surface area contributed by atoms with Gasteiger partial charge in [-0.25, -0.2) is 0 Å². The van der Waals surface area contributed by atoms with Crippen LogP contribution in [0.4, 0.5) is 13.2 Å². The highest BCUT2D eigenvalue weighted by atomic mass is 19.4. The molecule has 1 unspecified atom stereocenters. The lowest BCUT2D eigenvalue weighted by Crippen LogP contribution is -2.24. The van der Waals surface area contributed by atoms with Crippen LogP contribution in [0.3, 0.4) is 0 Å². The summed E-state index contributed by atoms with van der Waals surface area (Å²) in [6, 6.07) is 10.1. The molecule has 112 valence electrons. The zero-order valence-corrected chi connectivity index (χ0v) is 12.7. The highest BCUT2D eigenvalue weighted by Gasteiger charge is 2.43. The van der Waals surface area contributed by atoms with E-state index >= 15 is 0 Å². The minimum Gasteiger partial charge on any atom is -0.170 e. The minimum atomic E-state index is -4.31. The molecule has 0 aliphatic carbocycles. The van der Waals surface area contributed by atoms with Crippen molar-refractivity contribution in [2.75, 3.05) is 0 Å². The Hall–Kier alpha value is -1.77. The van der Waals surface area contributed by atoms with E-state index in [1.54, 1.807) is 44.2 Å². The SMILES string of the molecule is Cc1cc(C)c(C)c(C(c2ccccc2)C(F)(F)F)c1C. The summed E-state index contributed by atoms with van der Waals surface area (Å²) in [6.07, 6.45) is -4.31. The Morgan fingerprint density at radius 3 is 1.71 bits per heavy atom. The van der Waals surface area contributed by atoms with Gasteiger partial charge in [-0.3, -0.25) is 0 Å². The van der Waals surface area contributed by atoms with Gasteiger partial charge in [0.1, 0.15) is 5.92 Å². The van der Waals surface area contributed by atoms with E-state index in [2.05, 4.69) is 0 Å². The summed E-state index contributed by atoms with van der Waals surface area (Å²) in [5.74, 6) is -1.57. The summed E-state index contributed by atoms with van der Waals surface area (Å²) >= 11 is 0. The maximum atomic E-state index is 13.7. The van der Waals surface area contributed by atoms with Crippen molar-refractivity contribution in [3.8, 4) is 0 Å². The molecule has 0 N–H and O–H groups in total. The lowest BCUT2D eigenvalue weighted by atomic mass is 9.82. The second-order valence-electron chi connectivity index (χ2n) is 5.56. The van der Waals surface area contributed by atoms with Crippen LogP contribution in [0.2, 0.25) is 0 Å². The largest absolute Gasteiger partial charge is 0.399 e. The third-order valence-corrected chi connectivity index (χ3v) is 4.17. The van der Waals surface area contributed by atoms with Crippen molar-refractivity contribution in [3.05, 3.63) is 69.8 Å². The first-order valence-electron chi connectivity index (χ1n) is 6.92. The maximum absolute atomic E-state index is 13.7. The van der Waals surface area contributed by atoms with Crippen LogP contribution in [0.25, 0.3) is 0 Å². The quantitative estimate of drug-likeness (QED) is 0.674. The Morgan fingerprint density at radius 1 is 0.810 bits per heavy atom. The standard InChI is InChI=1S/C18H19F3/c1-11-10-12(2)14(4)16(13(11)3)17(18(19,20)21)15-8-6-5-7-9-15/h5-10,17H,1-4H3. The summed E-state index contributed by atoms with van der Waals surface area (Å²) < 4.78 is 41.1. The van der Waals surface area contributed by atoms with Crippen LogP contribution in [0.1, 0.15) is 39.3 Å². The first kappa shape index (κ1) is 15.6. The summed E-state index contributed by atoms with van der Waals surface area (Å²) in [5, 5.41) is 0. The van der Waals surface area contributed by atoms with Crippen molar-refractivity contribution < 1.29 is 13.2 Å². The zero-order chi connectivity index (χ0) is 15.8. The molecule has 0 heterocycles. The molecule has 21 heavy (non-hydrogen) atoms. The lowest BCUT2D eigenvalue weighted by Gasteiger charge is -2.26. The van der Waals surface area contributed by atoms with E-state index in [-0.39, 0.29) is 0 Å². The van der Waals surface area contributed by atoms with E-state index < -0.39 is 12.1 Å². The molecule has 2 aromatic carbocycles. The first-order valence-corrected chi connectivity index (χ1v) is 6.92. The highest BCUT2D eigenvalue weighted by molar-refractivity contribution is 5.50. The predicted molar refractivity (Wildman–Crippen MR) is 79.7 cm³/mol. The van der Waals surface area contributed by atoms with Crippen LogP contribution in [0, 0.1) is 27.7 Å². The topological polar surface area (TPSA) is 0 Å². The fourth-order valence-corrected chi connectivity index (χ4v) is 2.85. The fourth-order valence-electron chi connectivity index (χ4n) is 2.85. The van der Waals surface area contributed by atoms with Gasteiger partial charge in [0.2, 0.25) is 0 Å². The number of hydrogen-bond acceptors (Lipinski definition) is 0. The van der Waals surface area contributed by atoms with Gasteiger partial charge < -0.3 is 0 Å².